The fraction of sp³-hybridized carbons (Fsp3) is 0. The molecule has 33 heavy (non-hydrogen) atoms. The molecular formula is C30H22Fe3-10. The topological polar surface area (TPSA) is 0 Å². The number of hydrogen-bond donors (Lipinski definition) is 0. The Hall–Kier alpha value is -2.34. The molecule has 0 N–H and O–H groups in total. The van der Waals surface area contributed by atoms with Gasteiger partial charge in [-0.1, -0.05) is 0 Å². The molecule has 0 aliphatic carbocycles. The van der Waals surface area contributed by atoms with Crippen molar-refractivity contribution in [2.24, 2.45) is 0 Å². The molecule has 0 heterocycles. The van der Waals surface area contributed by atoms with E-state index in [2.05, 4.69) is 72.8 Å². The van der Waals surface area contributed by atoms with Crippen molar-refractivity contribution in [1.29, 1.82) is 0 Å². The second-order valence-electron chi connectivity index (χ2n) is 6.32. The van der Waals surface area contributed by atoms with Crippen LogP contribution in [0.2, 0.25) is 0 Å². The maximum Gasteiger partial charge on any atom is 0 e. The van der Waals surface area contributed by atoms with Crippen LogP contribution >= 0.6 is 0 Å². The average molecular weight is 550 g/mol. The molecule has 0 saturated heterocycles. The maximum absolute atomic E-state index is 2.90. The largest absolute Gasteiger partial charge is 0.901 e. The molecule has 0 radical (unpaired) electrons. The summed E-state index contributed by atoms with van der Waals surface area (Å²) in [6.45, 7) is 0. The summed E-state index contributed by atoms with van der Waals surface area (Å²) >= 11 is 0. The second kappa shape index (κ2) is 19.2. The Balaban J connectivity index is 0.000000420. The van der Waals surface area contributed by atoms with E-state index in [0.717, 1.165) is 11.1 Å². The second-order valence-corrected chi connectivity index (χ2v) is 6.32. The monoisotopic (exact) mass is 550 g/mol. The quantitative estimate of drug-likeness (QED) is 0.154. The fourth-order valence-electron chi connectivity index (χ4n) is 2.68. The van der Waals surface area contributed by atoms with Gasteiger partial charge in [0.2, 0.25) is 0 Å². The van der Waals surface area contributed by atoms with E-state index in [-0.39, 0.29) is 51.2 Å². The predicted molar refractivity (Wildman–Crippen MR) is 126 cm³/mol. The Labute approximate surface area is 229 Å². The molecule has 6 aromatic rings. The summed E-state index contributed by atoms with van der Waals surface area (Å²) in [6, 6.07) is 56.0. The predicted octanol–water partition coefficient (Wildman–Crippen LogP) is 7.59. The number of rotatable bonds is 2. The summed E-state index contributed by atoms with van der Waals surface area (Å²) in [5.74, 6) is 0. The minimum Gasteiger partial charge on any atom is -0.901 e. The van der Waals surface area contributed by atoms with E-state index in [0.29, 0.717) is 0 Å². The first-order valence-corrected chi connectivity index (χ1v) is 9.82. The molecule has 6 aromatic carbocycles. The van der Waals surface area contributed by atoms with Gasteiger partial charge in [0.1, 0.15) is 0 Å². The minimum atomic E-state index is 0. The number of hydrogen-bond acceptors (Lipinski definition) is 0. The van der Waals surface area contributed by atoms with Gasteiger partial charge in [0, 0.05) is 51.2 Å². The molecule has 0 fully saturated rings. The van der Waals surface area contributed by atoms with Crippen molar-refractivity contribution in [2.75, 3.05) is 0 Å². The smallest absolute Gasteiger partial charge is 0 e. The van der Waals surface area contributed by atoms with Gasteiger partial charge in [-0.15, -0.1) is 0 Å². The van der Waals surface area contributed by atoms with Crippen LogP contribution in [-0.2, 0) is 51.2 Å². The van der Waals surface area contributed by atoms with Crippen molar-refractivity contribution in [1.82, 2.24) is 0 Å². The molecule has 176 valence electrons. The molecule has 3 heteroatoms. The van der Waals surface area contributed by atoms with Crippen molar-refractivity contribution in [3.63, 3.8) is 0 Å². The van der Waals surface area contributed by atoms with E-state index in [1.165, 1.54) is 11.1 Å². The maximum atomic E-state index is 2.90. The van der Waals surface area contributed by atoms with Crippen LogP contribution in [0.15, 0.2) is 133 Å². The summed E-state index contributed by atoms with van der Waals surface area (Å²) in [4.78, 5) is 0. The zero-order valence-corrected chi connectivity index (χ0v) is 21.1. The SMILES string of the molecule is [Fe].[Fe].[Fe].[c-]1[c-][c-][c-](-[c-]2cccc2)[c-]1.c1cc[c-](-[c-]2cccc2)c1.c1cc[cH-]c1.c1cc[cH-]c1. The summed E-state index contributed by atoms with van der Waals surface area (Å²) in [6.07, 6.45) is 0. The normalized spacial score (nSPS) is 8.48. The van der Waals surface area contributed by atoms with Crippen molar-refractivity contribution in [3.8, 4) is 22.3 Å². The molecule has 6 rings (SSSR count). The van der Waals surface area contributed by atoms with Crippen LogP contribution in [0.5, 0.6) is 0 Å². The van der Waals surface area contributed by atoms with E-state index >= 15 is 0 Å². The Morgan fingerprint density at radius 1 is 0.394 bits per heavy atom. The summed E-state index contributed by atoms with van der Waals surface area (Å²) in [5.41, 5.74) is 4.71. The Bertz CT molecular complexity index is 855. The van der Waals surface area contributed by atoms with Crippen LogP contribution in [0.1, 0.15) is 0 Å². The van der Waals surface area contributed by atoms with Crippen molar-refractivity contribution in [2.45, 2.75) is 0 Å². The first-order chi connectivity index (χ1) is 14.9. The standard InChI is InChI=1S/C10H8.C10H4.2C5H5.3Fe/c2*1-2-6-9(5-1)10-7-3-4-8-10;2*1-2-4-5-3-1;;;/h1-8H;1-2,5-6H;2*1-5H;;;/q-2;-6;2*-1;;;. The van der Waals surface area contributed by atoms with E-state index < -0.39 is 0 Å². The van der Waals surface area contributed by atoms with Gasteiger partial charge in [0.25, 0.3) is 0 Å². The van der Waals surface area contributed by atoms with Gasteiger partial charge < -0.3 is 59.7 Å². The molecule has 0 unspecified atom stereocenters. The van der Waals surface area contributed by atoms with Crippen LogP contribution in [-0.4, -0.2) is 0 Å². The molecule has 0 aliphatic rings. The van der Waals surface area contributed by atoms with Crippen LogP contribution < -0.4 is 0 Å². The van der Waals surface area contributed by atoms with Crippen molar-refractivity contribution in [3.05, 3.63) is 158 Å². The third-order valence-electron chi connectivity index (χ3n) is 4.16. The van der Waals surface area contributed by atoms with E-state index in [9.17, 15) is 0 Å². The van der Waals surface area contributed by atoms with E-state index in [1.807, 2.05) is 84.9 Å². The fourth-order valence-corrected chi connectivity index (χ4v) is 2.68. The van der Waals surface area contributed by atoms with Gasteiger partial charge in [-0.05, 0) is 0 Å². The molecule has 0 atom stereocenters. The molecule has 0 saturated carbocycles. The first kappa shape index (κ1) is 30.7. The molecule has 0 nitrogen and oxygen atoms in total. The van der Waals surface area contributed by atoms with Gasteiger partial charge in [0.05, 0.1) is 0 Å². The van der Waals surface area contributed by atoms with Gasteiger partial charge in [0.15, 0.2) is 0 Å². The Morgan fingerprint density at radius 3 is 0.970 bits per heavy atom. The minimum absolute atomic E-state index is 0. The molecule has 0 bridgehead atoms. The van der Waals surface area contributed by atoms with E-state index in [1.54, 1.807) is 0 Å². The van der Waals surface area contributed by atoms with Crippen LogP contribution in [0.25, 0.3) is 22.3 Å². The van der Waals surface area contributed by atoms with Gasteiger partial charge in [-0.3, -0.25) is 0 Å². The summed E-state index contributed by atoms with van der Waals surface area (Å²) < 4.78 is 0. The van der Waals surface area contributed by atoms with E-state index in [4.69, 9.17) is 0 Å². The van der Waals surface area contributed by atoms with Crippen molar-refractivity contribution < 1.29 is 51.2 Å². The third kappa shape index (κ3) is 11.9. The molecule has 0 aromatic heterocycles. The van der Waals surface area contributed by atoms with Gasteiger partial charge in [-0.25, -0.2) is 24.3 Å². The Morgan fingerprint density at radius 2 is 0.697 bits per heavy atom. The molecule has 0 spiro atoms. The average Bonchev–Trinajstić information content (AvgIpc) is 3.68. The molecular weight excluding hydrogens is 528 g/mol. The van der Waals surface area contributed by atoms with Crippen LogP contribution in [0.4, 0.5) is 0 Å². The first-order valence-electron chi connectivity index (χ1n) is 9.82. The summed E-state index contributed by atoms with van der Waals surface area (Å²) in [5, 5.41) is 0. The zero-order valence-electron chi connectivity index (χ0n) is 17.8. The van der Waals surface area contributed by atoms with Gasteiger partial charge >= 0.3 is 0 Å². The summed E-state index contributed by atoms with van der Waals surface area (Å²) in [7, 11) is 0. The van der Waals surface area contributed by atoms with Crippen LogP contribution in [0, 0.1) is 24.3 Å². The van der Waals surface area contributed by atoms with Crippen LogP contribution in [0.3, 0.4) is 0 Å². The van der Waals surface area contributed by atoms with Gasteiger partial charge in [-0.2, -0.15) is 96.1 Å². The van der Waals surface area contributed by atoms with Crippen molar-refractivity contribution >= 4 is 0 Å². The third-order valence-corrected chi connectivity index (χ3v) is 4.16. The molecule has 0 aliphatic heterocycles. The Kier molecular flexibility index (Phi) is 17.8. The molecule has 0 amide bonds. The zero-order chi connectivity index (χ0) is 20.7.